The van der Waals surface area contributed by atoms with Crippen molar-refractivity contribution in [2.24, 2.45) is 5.11 Å². The molecule has 112 valence electrons. The molecule has 0 rings (SSSR count). The molecule has 1 amide bonds. The van der Waals surface area contributed by atoms with Crippen LogP contribution in [-0.4, -0.2) is 40.6 Å². The number of hydrogen-bond donors (Lipinski definition) is 3. The molecule has 0 aromatic carbocycles. The van der Waals surface area contributed by atoms with Gasteiger partial charge in [0.05, 0.1) is 0 Å². The molecule has 3 N–H and O–H groups in total. The fourth-order valence-corrected chi connectivity index (χ4v) is 1.48. The average molecular weight is 286 g/mol. The zero-order valence-electron chi connectivity index (χ0n) is 11.0. The molecular formula is C11H18N4O5. The molecule has 0 aliphatic carbocycles. The summed E-state index contributed by atoms with van der Waals surface area (Å²) in [5.74, 6) is -2.78. The number of carboxylic acid groups (broad SMARTS) is 2. The van der Waals surface area contributed by atoms with Crippen molar-refractivity contribution in [1.82, 2.24) is 5.32 Å². The van der Waals surface area contributed by atoms with E-state index in [0.717, 1.165) is 0 Å². The van der Waals surface area contributed by atoms with E-state index in [0.29, 0.717) is 25.8 Å². The molecule has 0 bridgehead atoms. The number of nitrogens with zero attached hydrogens (tertiary/aromatic N) is 3. The number of carboxylic acids is 2. The minimum absolute atomic E-state index is 0.146. The van der Waals surface area contributed by atoms with Gasteiger partial charge < -0.3 is 15.5 Å². The van der Waals surface area contributed by atoms with Gasteiger partial charge in [-0.25, -0.2) is 4.79 Å². The van der Waals surface area contributed by atoms with E-state index in [9.17, 15) is 14.4 Å². The monoisotopic (exact) mass is 286 g/mol. The summed E-state index contributed by atoms with van der Waals surface area (Å²) in [6, 6.07) is -1.18. The van der Waals surface area contributed by atoms with Crippen molar-refractivity contribution >= 4 is 17.8 Å². The molecule has 0 aromatic heterocycles. The third-order valence-corrected chi connectivity index (χ3v) is 2.51. The molecule has 0 radical (unpaired) electrons. The molecule has 20 heavy (non-hydrogen) atoms. The van der Waals surface area contributed by atoms with Crippen LogP contribution >= 0.6 is 0 Å². The Kier molecular flexibility index (Phi) is 9.41. The van der Waals surface area contributed by atoms with Crippen molar-refractivity contribution in [1.29, 1.82) is 0 Å². The van der Waals surface area contributed by atoms with Crippen LogP contribution in [0.15, 0.2) is 5.11 Å². The largest absolute Gasteiger partial charge is 0.481 e. The number of rotatable bonds is 11. The Morgan fingerprint density at radius 1 is 1.15 bits per heavy atom. The number of amides is 1. The van der Waals surface area contributed by atoms with Gasteiger partial charge in [0.1, 0.15) is 6.04 Å². The fraction of sp³-hybridized carbons (Fsp3) is 0.727. The summed E-state index contributed by atoms with van der Waals surface area (Å²) in [6.45, 7) is 0.370. The normalized spacial score (nSPS) is 11.2. The maximum atomic E-state index is 11.5. The minimum atomic E-state index is -1.25. The fourth-order valence-electron chi connectivity index (χ4n) is 1.48. The topological polar surface area (TPSA) is 152 Å². The number of unbranched alkanes of at least 4 members (excludes halogenated alkanes) is 2. The van der Waals surface area contributed by atoms with Crippen LogP contribution in [-0.2, 0) is 14.4 Å². The van der Waals surface area contributed by atoms with Crippen LogP contribution in [0.25, 0.3) is 10.4 Å². The average Bonchev–Trinajstić information content (AvgIpc) is 2.38. The third kappa shape index (κ3) is 9.72. The molecule has 0 heterocycles. The highest BCUT2D eigenvalue weighted by molar-refractivity contribution is 5.83. The summed E-state index contributed by atoms with van der Waals surface area (Å²) in [5.41, 5.74) is 8.05. The van der Waals surface area contributed by atoms with Gasteiger partial charge in [0.15, 0.2) is 0 Å². The van der Waals surface area contributed by atoms with Crippen LogP contribution in [0.2, 0.25) is 0 Å². The summed E-state index contributed by atoms with van der Waals surface area (Å²) in [7, 11) is 0. The van der Waals surface area contributed by atoms with Crippen LogP contribution in [0.5, 0.6) is 0 Å². The molecule has 0 fully saturated rings. The second-order valence-electron chi connectivity index (χ2n) is 4.16. The van der Waals surface area contributed by atoms with Crippen molar-refractivity contribution in [2.75, 3.05) is 6.54 Å². The number of azide groups is 1. The first-order chi connectivity index (χ1) is 9.47. The zero-order valence-corrected chi connectivity index (χ0v) is 11.0. The van der Waals surface area contributed by atoms with Crippen LogP contribution in [0.4, 0.5) is 0 Å². The maximum Gasteiger partial charge on any atom is 0.326 e. The Hall–Kier alpha value is -2.28. The second-order valence-corrected chi connectivity index (χ2v) is 4.16. The molecule has 0 aromatic rings. The van der Waals surface area contributed by atoms with E-state index in [1.54, 1.807) is 0 Å². The summed E-state index contributed by atoms with van der Waals surface area (Å²) in [6.07, 6.45) is 1.61. The molecule has 0 spiro atoms. The molecule has 0 aliphatic heterocycles. The predicted octanol–water partition coefficient (Wildman–Crippen LogP) is 1.29. The lowest BCUT2D eigenvalue weighted by Crippen LogP contribution is -2.41. The van der Waals surface area contributed by atoms with E-state index in [1.165, 1.54) is 0 Å². The highest BCUT2D eigenvalue weighted by Gasteiger charge is 2.20. The molecule has 9 nitrogen and oxygen atoms in total. The van der Waals surface area contributed by atoms with Crippen molar-refractivity contribution in [3.05, 3.63) is 10.4 Å². The molecule has 0 aliphatic rings. The van der Waals surface area contributed by atoms with Gasteiger partial charge in [-0.2, -0.15) is 0 Å². The Morgan fingerprint density at radius 2 is 1.85 bits per heavy atom. The SMILES string of the molecule is [N-]=[N+]=NCCCCCC(=O)NC(CCC(=O)O)C(=O)O. The lowest BCUT2D eigenvalue weighted by molar-refractivity contribution is -0.143. The van der Waals surface area contributed by atoms with Gasteiger partial charge in [-0.3, -0.25) is 9.59 Å². The van der Waals surface area contributed by atoms with Gasteiger partial charge in [-0.1, -0.05) is 11.5 Å². The van der Waals surface area contributed by atoms with E-state index < -0.39 is 23.9 Å². The van der Waals surface area contributed by atoms with Crippen LogP contribution in [0.1, 0.15) is 38.5 Å². The van der Waals surface area contributed by atoms with Crippen LogP contribution in [0.3, 0.4) is 0 Å². The summed E-state index contributed by atoms with van der Waals surface area (Å²) in [4.78, 5) is 35.3. The first-order valence-corrected chi connectivity index (χ1v) is 6.22. The maximum absolute atomic E-state index is 11.5. The first kappa shape index (κ1) is 17.7. The predicted molar refractivity (Wildman–Crippen MR) is 68.9 cm³/mol. The van der Waals surface area contributed by atoms with Crippen LogP contribution < -0.4 is 5.32 Å². The highest BCUT2D eigenvalue weighted by atomic mass is 16.4. The highest BCUT2D eigenvalue weighted by Crippen LogP contribution is 2.03. The van der Waals surface area contributed by atoms with E-state index >= 15 is 0 Å². The number of carbonyl (C=O) groups excluding carboxylic acids is 1. The Labute approximate surface area is 115 Å². The molecule has 9 heteroatoms. The van der Waals surface area contributed by atoms with Crippen molar-refractivity contribution in [2.45, 2.75) is 44.6 Å². The smallest absolute Gasteiger partial charge is 0.326 e. The van der Waals surface area contributed by atoms with E-state index in [-0.39, 0.29) is 19.3 Å². The standard InChI is InChI=1S/C11H18N4O5/c12-15-13-7-3-1-2-4-9(16)14-8(11(19)20)5-6-10(17)18/h8H,1-7H2,(H,14,16)(H,17,18)(H,19,20). The molecule has 1 atom stereocenters. The van der Waals surface area contributed by atoms with Gasteiger partial charge in [0.25, 0.3) is 0 Å². The van der Waals surface area contributed by atoms with Gasteiger partial charge >= 0.3 is 11.9 Å². The van der Waals surface area contributed by atoms with Gasteiger partial charge in [-0.15, -0.1) is 0 Å². The lowest BCUT2D eigenvalue weighted by atomic mass is 10.1. The van der Waals surface area contributed by atoms with Gasteiger partial charge in [-0.05, 0) is 24.8 Å². The summed E-state index contributed by atoms with van der Waals surface area (Å²) >= 11 is 0. The lowest BCUT2D eigenvalue weighted by Gasteiger charge is -2.13. The minimum Gasteiger partial charge on any atom is -0.481 e. The summed E-state index contributed by atoms with van der Waals surface area (Å²) < 4.78 is 0. The summed E-state index contributed by atoms with van der Waals surface area (Å²) in [5, 5.41) is 23.0. The van der Waals surface area contributed by atoms with E-state index in [1.807, 2.05) is 0 Å². The van der Waals surface area contributed by atoms with Gasteiger partial charge in [0.2, 0.25) is 5.91 Å². The molecule has 1 unspecified atom stereocenters. The van der Waals surface area contributed by atoms with E-state index in [2.05, 4.69) is 15.3 Å². The number of carbonyl (C=O) groups is 3. The van der Waals surface area contributed by atoms with E-state index in [4.69, 9.17) is 15.7 Å². The number of hydrogen-bond acceptors (Lipinski definition) is 4. The van der Waals surface area contributed by atoms with Crippen molar-refractivity contribution < 1.29 is 24.6 Å². The number of nitrogens with one attached hydrogen (secondary N) is 1. The Balaban J connectivity index is 3.92. The molecule has 0 saturated heterocycles. The molecular weight excluding hydrogens is 268 g/mol. The Bertz CT molecular complexity index is 392. The third-order valence-electron chi connectivity index (χ3n) is 2.51. The first-order valence-electron chi connectivity index (χ1n) is 6.22. The molecule has 0 saturated carbocycles. The second kappa shape index (κ2) is 10.6. The van der Waals surface area contributed by atoms with Crippen molar-refractivity contribution in [3.8, 4) is 0 Å². The quantitative estimate of drug-likeness (QED) is 0.226. The van der Waals surface area contributed by atoms with Gasteiger partial charge in [0, 0.05) is 24.3 Å². The number of aliphatic carboxylic acids is 2. The Morgan fingerprint density at radius 3 is 2.40 bits per heavy atom. The van der Waals surface area contributed by atoms with Crippen LogP contribution in [0, 0.1) is 0 Å². The zero-order chi connectivity index (χ0) is 15.4. The van der Waals surface area contributed by atoms with Crippen molar-refractivity contribution in [3.63, 3.8) is 0 Å².